The number of benzene rings is 2. The number of ether oxygens (including phenoxy) is 3. The minimum Gasteiger partial charge on any atom is -0.467 e. The van der Waals surface area contributed by atoms with Crippen molar-refractivity contribution in [3.63, 3.8) is 0 Å². The Hall–Kier alpha value is -3.39. The molecule has 1 atom stereocenters. The summed E-state index contributed by atoms with van der Waals surface area (Å²) in [6.45, 7) is 3.73. The number of likely N-dealkylation sites (tertiary alicyclic amines) is 1. The summed E-state index contributed by atoms with van der Waals surface area (Å²) in [4.78, 5) is 31.5. The molecule has 2 saturated heterocycles. The Balaban J connectivity index is 1.14. The van der Waals surface area contributed by atoms with Crippen molar-refractivity contribution < 1.29 is 28.2 Å². The van der Waals surface area contributed by atoms with Crippen LogP contribution in [0.1, 0.15) is 37.1 Å². The highest BCUT2D eigenvalue weighted by Gasteiger charge is 2.51. The lowest BCUT2D eigenvalue weighted by Crippen LogP contribution is -2.51. The smallest absolute Gasteiger partial charge is 0.409 e. The number of nitrogens with zero attached hydrogens (tertiary/aromatic N) is 2. The Bertz CT molecular complexity index is 1240. The molecule has 1 amide bonds. The van der Waals surface area contributed by atoms with E-state index in [0.717, 1.165) is 34.2 Å². The Morgan fingerprint density at radius 2 is 1.92 bits per heavy atom. The van der Waals surface area contributed by atoms with Gasteiger partial charge in [-0.05, 0) is 55.5 Å². The van der Waals surface area contributed by atoms with Crippen molar-refractivity contribution in [2.24, 2.45) is 5.92 Å². The van der Waals surface area contributed by atoms with E-state index in [4.69, 9.17) is 18.6 Å². The van der Waals surface area contributed by atoms with E-state index >= 15 is 0 Å². The highest BCUT2D eigenvalue weighted by molar-refractivity contribution is 5.86. The molecule has 0 saturated carbocycles. The van der Waals surface area contributed by atoms with E-state index < -0.39 is 5.60 Å². The molecule has 2 aliphatic heterocycles. The van der Waals surface area contributed by atoms with E-state index in [9.17, 15) is 9.59 Å². The number of carbonyl (C=O) groups is 2. The van der Waals surface area contributed by atoms with E-state index in [0.29, 0.717) is 51.3 Å². The summed E-state index contributed by atoms with van der Waals surface area (Å²) in [7, 11) is 1.40. The maximum Gasteiger partial charge on any atom is 0.409 e. The van der Waals surface area contributed by atoms with Crippen molar-refractivity contribution in [1.82, 2.24) is 9.88 Å². The lowest BCUT2D eigenvalue weighted by atomic mass is 9.78. The fourth-order valence-corrected chi connectivity index (χ4v) is 5.44. The van der Waals surface area contributed by atoms with Gasteiger partial charge in [0.15, 0.2) is 5.60 Å². The molecule has 8 heteroatoms. The van der Waals surface area contributed by atoms with Gasteiger partial charge < -0.3 is 23.5 Å². The fraction of sp³-hybridized carbons (Fsp3) is 0.464. The average Bonchev–Trinajstić information content (AvgIpc) is 3.56. The molecular weight excluding hydrogens is 460 g/mol. The molecule has 5 rings (SSSR count). The molecule has 8 nitrogen and oxygen atoms in total. The summed E-state index contributed by atoms with van der Waals surface area (Å²) in [5.41, 5.74) is 0.833. The lowest BCUT2D eigenvalue weighted by molar-refractivity contribution is -0.173. The van der Waals surface area contributed by atoms with Crippen LogP contribution >= 0.6 is 0 Å². The molecule has 3 aromatic rings. The number of aryl methyl sites for hydroxylation is 1. The summed E-state index contributed by atoms with van der Waals surface area (Å²) in [6.07, 6.45) is 3.02. The first-order chi connectivity index (χ1) is 17.5. The molecule has 0 bridgehead atoms. The highest BCUT2D eigenvalue weighted by Crippen LogP contribution is 2.40. The Labute approximate surface area is 210 Å². The van der Waals surface area contributed by atoms with Crippen LogP contribution < -0.4 is 0 Å². The third-order valence-electron chi connectivity index (χ3n) is 7.45. The number of carbonyl (C=O) groups excluding carboxylic acids is 2. The maximum atomic E-state index is 12.7. The number of oxazole rings is 1. The zero-order valence-electron chi connectivity index (χ0n) is 20.8. The first-order valence-electron chi connectivity index (χ1n) is 12.6. The first-order valence-corrected chi connectivity index (χ1v) is 12.6. The zero-order valence-corrected chi connectivity index (χ0v) is 20.8. The fourth-order valence-electron chi connectivity index (χ4n) is 5.44. The van der Waals surface area contributed by atoms with E-state index in [1.807, 2.05) is 25.1 Å². The van der Waals surface area contributed by atoms with E-state index in [-0.39, 0.29) is 24.6 Å². The van der Waals surface area contributed by atoms with E-state index in [2.05, 4.69) is 29.2 Å². The minimum absolute atomic E-state index is 0.0443. The number of amides is 1. The maximum absolute atomic E-state index is 12.7. The molecule has 1 aromatic heterocycles. The molecule has 1 unspecified atom stereocenters. The van der Waals surface area contributed by atoms with Crippen molar-refractivity contribution in [2.45, 2.75) is 44.6 Å². The number of piperidine rings is 1. The van der Waals surface area contributed by atoms with Crippen LogP contribution in [-0.2, 0) is 25.4 Å². The van der Waals surface area contributed by atoms with Crippen LogP contribution in [0.4, 0.5) is 4.79 Å². The van der Waals surface area contributed by atoms with Crippen molar-refractivity contribution in [3.8, 4) is 11.5 Å². The van der Waals surface area contributed by atoms with Gasteiger partial charge in [0.05, 0.1) is 19.4 Å². The number of hydrogen-bond donors (Lipinski definition) is 0. The average molecular weight is 493 g/mol. The van der Waals surface area contributed by atoms with Gasteiger partial charge in [0.2, 0.25) is 5.89 Å². The molecule has 0 aliphatic carbocycles. The summed E-state index contributed by atoms with van der Waals surface area (Å²) >= 11 is 0. The largest absolute Gasteiger partial charge is 0.467 e. The van der Waals surface area contributed by atoms with Crippen molar-refractivity contribution in [2.75, 3.05) is 33.4 Å². The standard InChI is InChI=1S/C28H32N2O6/c1-19-24(29-25(36-19)22-9-8-20-6-3-4-7-21(20)18-22)12-17-34-27(32)30-14-10-23(11-15-30)28(26(31)33-2)13-5-16-35-28/h3-4,6-9,18,23H,5,10-17H2,1-2H3. The monoisotopic (exact) mass is 492 g/mol. The molecule has 190 valence electrons. The molecule has 2 fully saturated rings. The van der Waals surface area contributed by atoms with Gasteiger partial charge >= 0.3 is 12.1 Å². The third kappa shape index (κ3) is 4.69. The summed E-state index contributed by atoms with van der Waals surface area (Å²) in [5, 5.41) is 2.29. The normalized spacial score (nSPS) is 20.6. The number of hydrogen-bond acceptors (Lipinski definition) is 7. The second-order valence-electron chi connectivity index (χ2n) is 9.54. The number of fused-ring (bicyclic) bond motifs is 1. The molecule has 3 heterocycles. The summed E-state index contributed by atoms with van der Waals surface area (Å²) in [5.74, 6) is 1.03. The van der Waals surface area contributed by atoms with Gasteiger partial charge in [0.1, 0.15) is 5.76 Å². The Morgan fingerprint density at radius 1 is 1.14 bits per heavy atom. The van der Waals surface area contributed by atoms with Crippen LogP contribution in [0.2, 0.25) is 0 Å². The second kappa shape index (κ2) is 10.3. The first kappa shape index (κ1) is 24.3. The lowest BCUT2D eigenvalue weighted by Gasteiger charge is -2.39. The van der Waals surface area contributed by atoms with Crippen LogP contribution in [0.5, 0.6) is 0 Å². The van der Waals surface area contributed by atoms with Crippen LogP contribution in [0, 0.1) is 12.8 Å². The number of rotatable bonds is 6. The van der Waals surface area contributed by atoms with Gasteiger partial charge in [0.25, 0.3) is 0 Å². The predicted octanol–water partition coefficient (Wildman–Crippen LogP) is 4.92. The zero-order chi connectivity index (χ0) is 25.1. The van der Waals surface area contributed by atoms with Gasteiger partial charge in [0, 0.05) is 37.6 Å². The van der Waals surface area contributed by atoms with Crippen LogP contribution in [0.3, 0.4) is 0 Å². The third-order valence-corrected chi connectivity index (χ3v) is 7.45. The van der Waals surface area contributed by atoms with Crippen molar-refractivity contribution >= 4 is 22.8 Å². The van der Waals surface area contributed by atoms with Crippen LogP contribution in [0.25, 0.3) is 22.2 Å². The van der Waals surface area contributed by atoms with Gasteiger partial charge in [-0.3, -0.25) is 0 Å². The SMILES string of the molecule is COC(=O)C1(C2CCN(C(=O)OCCc3nc(-c4ccc5ccccc5c4)oc3C)CC2)CCCO1. The van der Waals surface area contributed by atoms with Crippen LogP contribution in [-0.4, -0.2) is 61.0 Å². The van der Waals surface area contributed by atoms with Crippen molar-refractivity contribution in [3.05, 3.63) is 53.9 Å². The van der Waals surface area contributed by atoms with E-state index in [1.54, 1.807) is 4.90 Å². The molecular formula is C28H32N2O6. The van der Waals surface area contributed by atoms with Crippen molar-refractivity contribution in [1.29, 1.82) is 0 Å². The van der Waals surface area contributed by atoms with Gasteiger partial charge in [-0.2, -0.15) is 0 Å². The number of esters is 1. The summed E-state index contributed by atoms with van der Waals surface area (Å²) in [6, 6.07) is 14.3. The Kier molecular flexibility index (Phi) is 6.96. The number of aromatic nitrogens is 1. The summed E-state index contributed by atoms with van der Waals surface area (Å²) < 4.78 is 22.4. The minimum atomic E-state index is -0.863. The molecule has 2 aliphatic rings. The molecule has 36 heavy (non-hydrogen) atoms. The quantitative estimate of drug-likeness (QED) is 0.451. The Morgan fingerprint density at radius 3 is 2.64 bits per heavy atom. The molecule has 2 aromatic carbocycles. The molecule has 0 N–H and O–H groups in total. The van der Waals surface area contributed by atoms with Gasteiger partial charge in [-0.1, -0.05) is 30.3 Å². The molecule has 0 radical (unpaired) electrons. The van der Waals surface area contributed by atoms with Gasteiger partial charge in [-0.25, -0.2) is 14.6 Å². The van der Waals surface area contributed by atoms with Crippen LogP contribution in [0.15, 0.2) is 46.9 Å². The number of methoxy groups -OCH3 is 1. The topological polar surface area (TPSA) is 91.1 Å². The highest BCUT2D eigenvalue weighted by atomic mass is 16.6. The second-order valence-corrected chi connectivity index (χ2v) is 9.54. The van der Waals surface area contributed by atoms with Gasteiger partial charge in [-0.15, -0.1) is 0 Å². The van der Waals surface area contributed by atoms with E-state index in [1.165, 1.54) is 7.11 Å². The molecule has 0 spiro atoms. The predicted molar refractivity (Wildman–Crippen MR) is 133 cm³/mol.